The maximum atomic E-state index is 13.1. The zero-order valence-corrected chi connectivity index (χ0v) is 16.4. The van der Waals surface area contributed by atoms with Crippen LogP contribution in [-0.4, -0.2) is 52.7 Å². The number of carbonyl (C=O) groups is 2. The molecule has 27 heavy (non-hydrogen) atoms. The lowest BCUT2D eigenvalue weighted by Gasteiger charge is -2.33. The number of carbonyl (C=O) groups excluding carboxylic acids is 1. The van der Waals surface area contributed by atoms with Crippen molar-refractivity contribution in [2.45, 2.75) is 39.2 Å². The van der Waals surface area contributed by atoms with E-state index < -0.39 is 5.97 Å². The Balaban J connectivity index is 1.83. The van der Waals surface area contributed by atoms with Crippen LogP contribution in [0.25, 0.3) is 10.6 Å². The van der Waals surface area contributed by atoms with Gasteiger partial charge in [0.2, 0.25) is 0 Å². The zero-order valence-electron chi connectivity index (χ0n) is 15.6. The number of carboxylic acid groups (broad SMARTS) is 1. The highest BCUT2D eigenvalue weighted by Gasteiger charge is 2.28. The summed E-state index contributed by atoms with van der Waals surface area (Å²) in [5.41, 5.74) is 3.71. The molecule has 1 fully saturated rings. The minimum absolute atomic E-state index is 0.00291. The van der Waals surface area contributed by atoms with Gasteiger partial charge in [0.05, 0.1) is 6.42 Å². The lowest BCUT2D eigenvalue weighted by Crippen LogP contribution is -2.44. The van der Waals surface area contributed by atoms with Crippen molar-refractivity contribution < 1.29 is 19.4 Å². The van der Waals surface area contributed by atoms with E-state index in [1.165, 1.54) is 16.9 Å². The molecule has 1 aliphatic heterocycles. The second-order valence-electron chi connectivity index (χ2n) is 6.84. The Hall–Kier alpha value is -2.25. The molecule has 6 nitrogen and oxygen atoms in total. The lowest BCUT2D eigenvalue weighted by molar-refractivity contribution is -0.137. The molecule has 1 N–H and O–H groups in total. The Bertz CT molecular complexity index is 827. The summed E-state index contributed by atoms with van der Waals surface area (Å²) in [6, 6.07) is 6.15. The van der Waals surface area contributed by atoms with Crippen LogP contribution in [0.1, 0.15) is 40.9 Å². The number of carboxylic acids is 1. The first-order valence-electron chi connectivity index (χ1n) is 9.09. The molecule has 1 aliphatic rings. The first-order chi connectivity index (χ1) is 13.0. The molecule has 3 rings (SSSR count). The van der Waals surface area contributed by atoms with Crippen LogP contribution >= 0.6 is 11.3 Å². The summed E-state index contributed by atoms with van der Waals surface area (Å²) in [6.07, 6.45) is 1.37. The highest BCUT2D eigenvalue weighted by Crippen LogP contribution is 2.28. The smallest absolute Gasteiger partial charge is 0.305 e. The number of aliphatic carboxylic acids is 1. The third-order valence-electron chi connectivity index (χ3n) is 4.79. The Kier molecular flexibility index (Phi) is 6.23. The second-order valence-corrected chi connectivity index (χ2v) is 7.70. The van der Waals surface area contributed by atoms with Crippen molar-refractivity contribution >= 4 is 23.2 Å². The molecule has 1 aromatic heterocycles. The summed E-state index contributed by atoms with van der Waals surface area (Å²) in [4.78, 5) is 30.3. The quantitative estimate of drug-likeness (QED) is 0.819. The third kappa shape index (κ3) is 4.73. The van der Waals surface area contributed by atoms with E-state index in [-0.39, 0.29) is 24.9 Å². The number of benzene rings is 1. The molecule has 0 bridgehead atoms. The molecule has 0 aliphatic carbocycles. The van der Waals surface area contributed by atoms with Crippen molar-refractivity contribution in [3.8, 4) is 10.6 Å². The van der Waals surface area contributed by atoms with Crippen LogP contribution in [0.3, 0.4) is 0 Å². The first-order valence-corrected chi connectivity index (χ1v) is 9.97. The van der Waals surface area contributed by atoms with E-state index in [4.69, 9.17) is 9.84 Å². The molecule has 0 radical (unpaired) electrons. The van der Waals surface area contributed by atoms with Gasteiger partial charge in [-0.1, -0.05) is 23.8 Å². The number of amides is 1. The highest BCUT2D eigenvalue weighted by molar-refractivity contribution is 7.13. The molecule has 144 valence electrons. The standard InChI is InChI=1S/C20H24N2O4S/c1-13-3-4-16(14(2)11-13)19-21-17(12-27-19)20(25)22(8-5-18(23)24)15-6-9-26-10-7-15/h3-4,11-12,15H,5-10H2,1-2H3,(H,23,24). The van der Waals surface area contributed by atoms with Crippen LogP contribution in [0, 0.1) is 13.8 Å². The fourth-order valence-electron chi connectivity index (χ4n) is 3.36. The molecule has 0 atom stereocenters. The lowest BCUT2D eigenvalue weighted by atomic mass is 10.1. The van der Waals surface area contributed by atoms with Gasteiger partial charge < -0.3 is 14.7 Å². The molecule has 1 amide bonds. The van der Waals surface area contributed by atoms with Crippen molar-refractivity contribution in [1.82, 2.24) is 9.88 Å². The maximum Gasteiger partial charge on any atom is 0.305 e. The Morgan fingerprint density at radius 3 is 2.70 bits per heavy atom. The molecule has 7 heteroatoms. The molecule has 0 unspecified atom stereocenters. The normalized spacial score (nSPS) is 14.9. The second kappa shape index (κ2) is 8.63. The van der Waals surface area contributed by atoms with Crippen molar-refractivity contribution in [3.63, 3.8) is 0 Å². The van der Waals surface area contributed by atoms with E-state index in [1.807, 2.05) is 26.0 Å². The molecular formula is C20H24N2O4S. The van der Waals surface area contributed by atoms with Gasteiger partial charge in [0.1, 0.15) is 10.7 Å². The van der Waals surface area contributed by atoms with E-state index in [1.54, 1.807) is 10.3 Å². The van der Waals surface area contributed by atoms with Crippen molar-refractivity contribution in [2.24, 2.45) is 0 Å². The number of thiazole rings is 1. The number of aromatic nitrogens is 1. The van der Waals surface area contributed by atoms with Gasteiger partial charge >= 0.3 is 5.97 Å². The van der Waals surface area contributed by atoms with Crippen LogP contribution in [0.5, 0.6) is 0 Å². The topological polar surface area (TPSA) is 79.7 Å². The van der Waals surface area contributed by atoms with Gasteiger partial charge in [-0.3, -0.25) is 9.59 Å². The summed E-state index contributed by atoms with van der Waals surface area (Å²) in [5, 5.41) is 11.6. The number of rotatable bonds is 6. The van der Waals surface area contributed by atoms with Gasteiger partial charge in [0.25, 0.3) is 5.91 Å². The average Bonchev–Trinajstić information content (AvgIpc) is 3.12. The number of aryl methyl sites for hydroxylation is 2. The van der Waals surface area contributed by atoms with Gasteiger partial charge in [-0.25, -0.2) is 4.98 Å². The van der Waals surface area contributed by atoms with Gasteiger partial charge in [0.15, 0.2) is 0 Å². The maximum absolute atomic E-state index is 13.1. The van der Waals surface area contributed by atoms with Gasteiger partial charge in [0, 0.05) is 36.7 Å². The van der Waals surface area contributed by atoms with E-state index in [0.29, 0.717) is 18.9 Å². The van der Waals surface area contributed by atoms with Crippen LogP contribution in [0.15, 0.2) is 23.6 Å². The fraction of sp³-hybridized carbons (Fsp3) is 0.450. The summed E-state index contributed by atoms with van der Waals surface area (Å²) >= 11 is 1.44. The Morgan fingerprint density at radius 1 is 1.30 bits per heavy atom. The monoisotopic (exact) mass is 388 g/mol. The Labute approximate surface area is 162 Å². The van der Waals surface area contributed by atoms with Crippen molar-refractivity contribution in [1.29, 1.82) is 0 Å². The first kappa shape index (κ1) is 19.5. The van der Waals surface area contributed by atoms with Crippen LogP contribution in [0.4, 0.5) is 0 Å². The minimum Gasteiger partial charge on any atom is -0.481 e. The van der Waals surface area contributed by atoms with E-state index in [0.717, 1.165) is 29.0 Å². The molecule has 1 saturated heterocycles. The molecule has 0 saturated carbocycles. The number of ether oxygens (including phenoxy) is 1. The van der Waals surface area contributed by atoms with Crippen LogP contribution < -0.4 is 0 Å². The highest BCUT2D eigenvalue weighted by atomic mass is 32.1. The molecule has 1 aromatic carbocycles. The van der Waals surface area contributed by atoms with E-state index in [2.05, 4.69) is 11.1 Å². The van der Waals surface area contributed by atoms with Crippen LogP contribution in [-0.2, 0) is 9.53 Å². The molecule has 0 spiro atoms. The van der Waals surface area contributed by atoms with Crippen molar-refractivity contribution in [2.75, 3.05) is 19.8 Å². The minimum atomic E-state index is -0.908. The molecule has 2 aromatic rings. The number of nitrogens with zero attached hydrogens (tertiary/aromatic N) is 2. The zero-order chi connectivity index (χ0) is 19.4. The van der Waals surface area contributed by atoms with Crippen LogP contribution in [0.2, 0.25) is 0 Å². The number of hydrogen-bond donors (Lipinski definition) is 1. The SMILES string of the molecule is Cc1ccc(-c2nc(C(=O)N(CCC(=O)O)C3CCOCC3)cs2)c(C)c1. The summed E-state index contributed by atoms with van der Waals surface area (Å²) < 4.78 is 5.38. The average molecular weight is 388 g/mol. The summed E-state index contributed by atoms with van der Waals surface area (Å²) in [7, 11) is 0. The third-order valence-corrected chi connectivity index (χ3v) is 5.67. The van der Waals surface area contributed by atoms with E-state index >= 15 is 0 Å². The number of hydrogen-bond acceptors (Lipinski definition) is 5. The molecule has 2 heterocycles. The summed E-state index contributed by atoms with van der Waals surface area (Å²) in [5.74, 6) is -1.11. The predicted molar refractivity (Wildman–Crippen MR) is 104 cm³/mol. The predicted octanol–water partition coefficient (Wildman–Crippen LogP) is 3.52. The Morgan fingerprint density at radius 2 is 2.04 bits per heavy atom. The van der Waals surface area contributed by atoms with Gasteiger partial charge in [-0.05, 0) is 32.3 Å². The van der Waals surface area contributed by atoms with Crippen molar-refractivity contribution in [3.05, 3.63) is 40.4 Å². The van der Waals surface area contributed by atoms with E-state index in [9.17, 15) is 9.59 Å². The van der Waals surface area contributed by atoms with Gasteiger partial charge in [-0.2, -0.15) is 0 Å². The van der Waals surface area contributed by atoms with Gasteiger partial charge in [-0.15, -0.1) is 11.3 Å². The summed E-state index contributed by atoms with van der Waals surface area (Å²) in [6.45, 7) is 5.45. The largest absolute Gasteiger partial charge is 0.481 e. The molecular weight excluding hydrogens is 364 g/mol. The fourth-order valence-corrected chi connectivity index (χ4v) is 4.24.